The van der Waals surface area contributed by atoms with Crippen LogP contribution in [0.2, 0.25) is 0 Å². The number of aromatic nitrogens is 2. The predicted octanol–water partition coefficient (Wildman–Crippen LogP) is 1.98. The van der Waals surface area contributed by atoms with Crippen molar-refractivity contribution in [2.45, 2.75) is 38.8 Å². The molecule has 1 N–H and O–H groups in total. The third-order valence-electron chi connectivity index (χ3n) is 5.42. The zero-order chi connectivity index (χ0) is 19.0. The fourth-order valence-corrected chi connectivity index (χ4v) is 3.87. The molecule has 1 saturated heterocycles. The molecule has 142 valence electrons. The average molecular weight is 368 g/mol. The molecular weight excluding hydrogens is 344 g/mol. The van der Waals surface area contributed by atoms with E-state index in [0.717, 1.165) is 34.9 Å². The zero-order valence-electron chi connectivity index (χ0n) is 15.7. The molecule has 4 rings (SSSR count). The Morgan fingerprint density at radius 2 is 2.15 bits per heavy atom. The van der Waals surface area contributed by atoms with Crippen molar-refractivity contribution in [3.63, 3.8) is 0 Å². The Bertz CT molecular complexity index is 876. The summed E-state index contributed by atoms with van der Waals surface area (Å²) in [4.78, 5) is 36.4. The number of benzene rings is 1. The number of likely N-dealkylation sites (tertiary alicyclic amines) is 1. The number of ether oxygens (including phenoxy) is 1. The standard InChI is InChI=1S/C20H24N4O3/c1-13(24-9-4-7-18(24)25)20(26)23-10-8-16-17(12-23)22-19(21-16)14-5-3-6-15(11-14)27-2/h3,5-6,11,13H,4,7-10,12H2,1-2H3,(H,21,22). The van der Waals surface area contributed by atoms with E-state index in [-0.39, 0.29) is 11.8 Å². The van der Waals surface area contributed by atoms with Gasteiger partial charge in [-0.1, -0.05) is 12.1 Å². The van der Waals surface area contributed by atoms with Gasteiger partial charge in [0.2, 0.25) is 11.8 Å². The first-order chi connectivity index (χ1) is 13.1. The Hall–Kier alpha value is -2.83. The highest BCUT2D eigenvalue weighted by molar-refractivity contribution is 5.88. The summed E-state index contributed by atoms with van der Waals surface area (Å²) in [6.07, 6.45) is 2.10. The van der Waals surface area contributed by atoms with Gasteiger partial charge in [-0.15, -0.1) is 0 Å². The second-order valence-electron chi connectivity index (χ2n) is 7.12. The van der Waals surface area contributed by atoms with Gasteiger partial charge in [-0.2, -0.15) is 0 Å². The number of nitrogens with one attached hydrogen (secondary N) is 1. The average Bonchev–Trinajstić information content (AvgIpc) is 3.32. The lowest BCUT2D eigenvalue weighted by molar-refractivity contribution is -0.143. The van der Waals surface area contributed by atoms with E-state index in [1.807, 2.05) is 36.1 Å². The monoisotopic (exact) mass is 368 g/mol. The van der Waals surface area contributed by atoms with E-state index < -0.39 is 6.04 Å². The van der Waals surface area contributed by atoms with Crippen molar-refractivity contribution in [2.75, 3.05) is 20.2 Å². The molecule has 0 saturated carbocycles. The Balaban J connectivity index is 1.50. The number of fused-ring (bicyclic) bond motifs is 1. The third-order valence-corrected chi connectivity index (χ3v) is 5.42. The van der Waals surface area contributed by atoms with E-state index in [4.69, 9.17) is 9.72 Å². The summed E-state index contributed by atoms with van der Waals surface area (Å²) in [6.45, 7) is 3.63. The topological polar surface area (TPSA) is 78.5 Å². The lowest BCUT2D eigenvalue weighted by Gasteiger charge is -2.32. The maximum atomic E-state index is 12.9. The first-order valence-corrected chi connectivity index (χ1v) is 9.37. The van der Waals surface area contributed by atoms with Gasteiger partial charge in [0.25, 0.3) is 0 Å². The van der Waals surface area contributed by atoms with Gasteiger partial charge >= 0.3 is 0 Å². The predicted molar refractivity (Wildman–Crippen MR) is 100 cm³/mol. The van der Waals surface area contributed by atoms with Crippen molar-refractivity contribution in [1.82, 2.24) is 19.8 Å². The molecule has 0 spiro atoms. The number of carbonyl (C=O) groups is 2. The summed E-state index contributed by atoms with van der Waals surface area (Å²) in [5.41, 5.74) is 2.92. The van der Waals surface area contributed by atoms with Crippen molar-refractivity contribution in [3.05, 3.63) is 35.7 Å². The van der Waals surface area contributed by atoms with E-state index in [2.05, 4.69) is 4.98 Å². The van der Waals surface area contributed by atoms with Crippen LogP contribution in [0.3, 0.4) is 0 Å². The van der Waals surface area contributed by atoms with E-state index >= 15 is 0 Å². The molecule has 7 nitrogen and oxygen atoms in total. The van der Waals surface area contributed by atoms with Crippen molar-refractivity contribution in [1.29, 1.82) is 0 Å². The van der Waals surface area contributed by atoms with Crippen LogP contribution < -0.4 is 4.74 Å². The van der Waals surface area contributed by atoms with E-state index in [9.17, 15) is 9.59 Å². The number of hydrogen-bond donors (Lipinski definition) is 1. The number of H-pyrrole nitrogens is 1. The van der Waals surface area contributed by atoms with Gasteiger partial charge in [0.1, 0.15) is 17.6 Å². The van der Waals surface area contributed by atoms with E-state index in [0.29, 0.717) is 32.5 Å². The lowest BCUT2D eigenvalue weighted by Crippen LogP contribution is -2.49. The highest BCUT2D eigenvalue weighted by Crippen LogP contribution is 2.26. The second kappa shape index (κ2) is 7.06. The van der Waals surface area contributed by atoms with Crippen LogP contribution in [0.1, 0.15) is 31.2 Å². The van der Waals surface area contributed by atoms with Crippen LogP contribution in [0.5, 0.6) is 5.75 Å². The summed E-state index contributed by atoms with van der Waals surface area (Å²) >= 11 is 0. The van der Waals surface area contributed by atoms with E-state index in [1.54, 1.807) is 12.0 Å². The van der Waals surface area contributed by atoms with Gasteiger partial charge in [0.15, 0.2) is 0 Å². The summed E-state index contributed by atoms with van der Waals surface area (Å²) in [7, 11) is 1.64. The van der Waals surface area contributed by atoms with Crippen LogP contribution in [0.25, 0.3) is 11.4 Å². The molecule has 2 aromatic rings. The van der Waals surface area contributed by atoms with Crippen LogP contribution in [0.15, 0.2) is 24.3 Å². The number of nitrogens with zero attached hydrogens (tertiary/aromatic N) is 3. The normalized spacial score (nSPS) is 17.8. The minimum atomic E-state index is -0.401. The molecule has 7 heteroatoms. The largest absolute Gasteiger partial charge is 0.497 e. The highest BCUT2D eigenvalue weighted by Gasteiger charge is 2.33. The molecule has 1 atom stereocenters. The smallest absolute Gasteiger partial charge is 0.245 e. The maximum absolute atomic E-state index is 12.9. The van der Waals surface area contributed by atoms with Crippen LogP contribution >= 0.6 is 0 Å². The number of methoxy groups -OCH3 is 1. The molecule has 1 aromatic heterocycles. The Morgan fingerprint density at radius 3 is 2.89 bits per heavy atom. The minimum Gasteiger partial charge on any atom is -0.497 e. The number of carbonyl (C=O) groups excluding carboxylic acids is 2. The Kier molecular flexibility index (Phi) is 4.59. The van der Waals surface area contributed by atoms with Crippen molar-refractivity contribution in [2.24, 2.45) is 0 Å². The Labute approximate surface area is 158 Å². The minimum absolute atomic E-state index is 0.00781. The van der Waals surface area contributed by atoms with Crippen LogP contribution in [-0.2, 0) is 22.6 Å². The number of rotatable bonds is 4. The molecule has 0 radical (unpaired) electrons. The molecule has 1 unspecified atom stereocenters. The summed E-state index contributed by atoms with van der Waals surface area (Å²) in [6, 6.07) is 7.35. The summed E-state index contributed by atoms with van der Waals surface area (Å²) in [5.74, 6) is 1.66. The molecule has 1 fully saturated rings. The lowest BCUT2D eigenvalue weighted by atomic mass is 10.1. The van der Waals surface area contributed by atoms with Crippen LogP contribution in [-0.4, -0.2) is 57.8 Å². The molecule has 2 aliphatic heterocycles. The molecule has 1 aromatic carbocycles. The molecule has 27 heavy (non-hydrogen) atoms. The molecular formula is C20H24N4O3. The van der Waals surface area contributed by atoms with Gasteiger partial charge in [-0.05, 0) is 25.5 Å². The maximum Gasteiger partial charge on any atom is 0.245 e. The first kappa shape index (κ1) is 17.6. The molecule has 3 heterocycles. The third kappa shape index (κ3) is 3.29. The molecule has 2 amide bonds. The Morgan fingerprint density at radius 1 is 1.30 bits per heavy atom. The van der Waals surface area contributed by atoms with Gasteiger partial charge in [0, 0.05) is 31.5 Å². The quantitative estimate of drug-likeness (QED) is 0.895. The second-order valence-corrected chi connectivity index (χ2v) is 7.12. The van der Waals surface area contributed by atoms with Crippen LogP contribution in [0, 0.1) is 0 Å². The van der Waals surface area contributed by atoms with E-state index in [1.165, 1.54) is 0 Å². The molecule has 2 aliphatic rings. The van der Waals surface area contributed by atoms with Crippen molar-refractivity contribution >= 4 is 11.8 Å². The zero-order valence-corrected chi connectivity index (χ0v) is 15.7. The fourth-order valence-electron chi connectivity index (χ4n) is 3.87. The van der Waals surface area contributed by atoms with Gasteiger partial charge < -0.3 is 19.5 Å². The first-order valence-electron chi connectivity index (χ1n) is 9.37. The highest BCUT2D eigenvalue weighted by atomic mass is 16.5. The molecule has 0 aliphatic carbocycles. The van der Waals surface area contributed by atoms with Gasteiger partial charge in [0.05, 0.1) is 25.0 Å². The fraction of sp³-hybridized carbons (Fsp3) is 0.450. The summed E-state index contributed by atoms with van der Waals surface area (Å²) in [5, 5.41) is 0. The SMILES string of the molecule is COc1cccc(-c2nc3c([nH]2)CN(C(=O)C(C)N2CCCC2=O)CC3)c1. The summed E-state index contributed by atoms with van der Waals surface area (Å²) < 4.78 is 5.28. The van der Waals surface area contributed by atoms with Gasteiger partial charge in [-0.25, -0.2) is 4.98 Å². The number of hydrogen-bond acceptors (Lipinski definition) is 4. The number of imidazole rings is 1. The van der Waals surface area contributed by atoms with Crippen molar-refractivity contribution < 1.29 is 14.3 Å². The van der Waals surface area contributed by atoms with Gasteiger partial charge in [-0.3, -0.25) is 9.59 Å². The number of aromatic amines is 1. The molecule has 0 bridgehead atoms. The number of amides is 2. The van der Waals surface area contributed by atoms with Crippen molar-refractivity contribution in [3.8, 4) is 17.1 Å². The van der Waals surface area contributed by atoms with Crippen LogP contribution in [0.4, 0.5) is 0 Å².